The molecule has 132 valence electrons. The predicted octanol–water partition coefficient (Wildman–Crippen LogP) is 3.22. The Bertz CT molecular complexity index is 742. The molecule has 2 aromatic rings. The van der Waals surface area contributed by atoms with E-state index in [1.165, 1.54) is 18.6 Å². The van der Waals surface area contributed by atoms with E-state index >= 15 is 0 Å². The zero-order valence-corrected chi connectivity index (χ0v) is 14.2. The maximum absolute atomic E-state index is 12.1. The molecule has 1 amide bonds. The van der Waals surface area contributed by atoms with Crippen LogP contribution in [-0.4, -0.2) is 29.0 Å². The first-order chi connectivity index (χ1) is 12.1. The standard InChI is InChI=1S/C19H22N2O4/c1-13(19(23)20-14-7-3-2-4-8-14)24-18(22)12-11-17-21-15-9-5-6-10-16(15)25-17/h5-6,9-14H,2-4,7-8H2,1H3,(H,20,23)/b12-11+/t13-/m0/s1. The first kappa shape index (κ1) is 17.2. The number of para-hydroxylation sites is 2. The number of nitrogens with one attached hydrogen (secondary N) is 1. The van der Waals surface area contributed by atoms with Crippen LogP contribution >= 0.6 is 0 Å². The second-order valence-electron chi connectivity index (χ2n) is 6.28. The molecule has 0 aliphatic heterocycles. The maximum atomic E-state index is 12.1. The van der Waals surface area contributed by atoms with Crippen LogP contribution in [0.1, 0.15) is 44.9 Å². The fraction of sp³-hybridized carbons (Fsp3) is 0.421. The Morgan fingerprint density at radius 1 is 1.28 bits per heavy atom. The lowest BCUT2D eigenvalue weighted by atomic mass is 9.95. The van der Waals surface area contributed by atoms with Crippen molar-refractivity contribution in [2.24, 2.45) is 0 Å². The van der Waals surface area contributed by atoms with Gasteiger partial charge in [0.25, 0.3) is 5.91 Å². The lowest BCUT2D eigenvalue weighted by Gasteiger charge is -2.24. The molecule has 1 saturated carbocycles. The Morgan fingerprint density at radius 2 is 2.04 bits per heavy atom. The molecule has 6 heteroatoms. The van der Waals surface area contributed by atoms with Gasteiger partial charge in [-0.1, -0.05) is 31.4 Å². The zero-order valence-electron chi connectivity index (χ0n) is 14.2. The molecule has 25 heavy (non-hydrogen) atoms. The number of hydrogen-bond donors (Lipinski definition) is 1. The third kappa shape index (κ3) is 4.68. The van der Waals surface area contributed by atoms with Crippen LogP contribution in [0, 0.1) is 0 Å². The van der Waals surface area contributed by atoms with Gasteiger partial charge in [0.1, 0.15) is 5.52 Å². The number of carbonyl (C=O) groups excluding carboxylic acids is 2. The number of carbonyl (C=O) groups is 2. The van der Waals surface area contributed by atoms with Crippen molar-refractivity contribution >= 4 is 29.1 Å². The number of ether oxygens (including phenoxy) is 1. The molecular formula is C19H22N2O4. The summed E-state index contributed by atoms with van der Waals surface area (Å²) in [5, 5.41) is 2.94. The minimum absolute atomic E-state index is 0.192. The number of nitrogens with zero attached hydrogens (tertiary/aromatic N) is 1. The molecule has 0 saturated heterocycles. The van der Waals surface area contributed by atoms with Crippen molar-refractivity contribution in [3.05, 3.63) is 36.2 Å². The number of oxazole rings is 1. The molecule has 1 aromatic carbocycles. The van der Waals surface area contributed by atoms with E-state index in [9.17, 15) is 9.59 Å². The molecule has 0 radical (unpaired) electrons. The summed E-state index contributed by atoms with van der Waals surface area (Å²) in [5.41, 5.74) is 1.37. The molecule has 6 nitrogen and oxygen atoms in total. The number of benzene rings is 1. The molecular weight excluding hydrogens is 320 g/mol. The van der Waals surface area contributed by atoms with Gasteiger partial charge in [-0.2, -0.15) is 0 Å². The Labute approximate surface area is 146 Å². The van der Waals surface area contributed by atoms with Crippen molar-refractivity contribution < 1.29 is 18.7 Å². The molecule has 1 fully saturated rings. The maximum Gasteiger partial charge on any atom is 0.331 e. The van der Waals surface area contributed by atoms with Crippen LogP contribution in [0.3, 0.4) is 0 Å². The average Bonchev–Trinajstić information content (AvgIpc) is 3.04. The molecule has 0 bridgehead atoms. The van der Waals surface area contributed by atoms with Gasteiger partial charge in [-0.05, 0) is 31.9 Å². The molecule has 1 atom stereocenters. The van der Waals surface area contributed by atoms with E-state index in [4.69, 9.17) is 9.15 Å². The van der Waals surface area contributed by atoms with Crippen LogP contribution < -0.4 is 5.32 Å². The summed E-state index contributed by atoms with van der Waals surface area (Å²) in [5.74, 6) is -0.540. The van der Waals surface area contributed by atoms with E-state index in [2.05, 4.69) is 10.3 Å². The predicted molar refractivity (Wildman–Crippen MR) is 93.6 cm³/mol. The summed E-state index contributed by atoms with van der Waals surface area (Å²) in [7, 11) is 0. The fourth-order valence-corrected chi connectivity index (χ4v) is 2.93. The van der Waals surface area contributed by atoms with E-state index < -0.39 is 12.1 Å². The molecule has 1 aromatic heterocycles. The second kappa shape index (κ2) is 7.96. The van der Waals surface area contributed by atoms with Gasteiger partial charge in [0.15, 0.2) is 11.7 Å². The van der Waals surface area contributed by atoms with Gasteiger partial charge in [-0.15, -0.1) is 0 Å². The molecule has 1 aliphatic rings. The van der Waals surface area contributed by atoms with Crippen LogP contribution in [0.2, 0.25) is 0 Å². The first-order valence-corrected chi connectivity index (χ1v) is 8.66. The lowest BCUT2D eigenvalue weighted by molar-refractivity contribution is -0.150. The normalized spacial score (nSPS) is 16.8. The van der Waals surface area contributed by atoms with Gasteiger partial charge in [0, 0.05) is 18.2 Å². The van der Waals surface area contributed by atoms with Crippen LogP contribution in [-0.2, 0) is 14.3 Å². The quantitative estimate of drug-likeness (QED) is 0.666. The number of esters is 1. The Morgan fingerprint density at radius 3 is 2.80 bits per heavy atom. The van der Waals surface area contributed by atoms with Gasteiger partial charge in [0.2, 0.25) is 5.89 Å². The summed E-state index contributed by atoms with van der Waals surface area (Å²) in [6, 6.07) is 7.53. The molecule has 1 N–H and O–H groups in total. The van der Waals surface area contributed by atoms with Crippen molar-refractivity contribution in [3.8, 4) is 0 Å². The highest BCUT2D eigenvalue weighted by Crippen LogP contribution is 2.18. The average molecular weight is 342 g/mol. The molecule has 3 rings (SSSR count). The summed E-state index contributed by atoms with van der Waals surface area (Å²) < 4.78 is 10.6. The second-order valence-corrected chi connectivity index (χ2v) is 6.28. The minimum Gasteiger partial charge on any atom is -0.449 e. The van der Waals surface area contributed by atoms with Crippen molar-refractivity contribution in [2.75, 3.05) is 0 Å². The van der Waals surface area contributed by atoms with Crippen LogP contribution in [0.25, 0.3) is 17.2 Å². The molecule has 1 aliphatic carbocycles. The topological polar surface area (TPSA) is 81.4 Å². The highest BCUT2D eigenvalue weighted by atomic mass is 16.5. The molecule has 0 spiro atoms. The number of fused-ring (bicyclic) bond motifs is 1. The molecule has 1 heterocycles. The van der Waals surface area contributed by atoms with Gasteiger partial charge >= 0.3 is 5.97 Å². The van der Waals surface area contributed by atoms with Crippen molar-refractivity contribution in [1.29, 1.82) is 0 Å². The zero-order chi connectivity index (χ0) is 17.6. The van der Waals surface area contributed by atoms with Gasteiger partial charge in [0.05, 0.1) is 0 Å². The van der Waals surface area contributed by atoms with Gasteiger partial charge < -0.3 is 14.5 Å². The number of rotatable bonds is 5. The summed E-state index contributed by atoms with van der Waals surface area (Å²) >= 11 is 0. The summed E-state index contributed by atoms with van der Waals surface area (Å²) in [6.07, 6.45) is 7.29. The van der Waals surface area contributed by atoms with E-state index in [-0.39, 0.29) is 11.9 Å². The van der Waals surface area contributed by atoms with Gasteiger partial charge in [-0.3, -0.25) is 4.79 Å². The highest BCUT2D eigenvalue weighted by Gasteiger charge is 2.21. The largest absolute Gasteiger partial charge is 0.449 e. The van der Waals surface area contributed by atoms with Crippen LogP contribution in [0.4, 0.5) is 0 Å². The fourth-order valence-electron chi connectivity index (χ4n) is 2.93. The Hall–Kier alpha value is -2.63. The minimum atomic E-state index is -0.831. The number of hydrogen-bond acceptors (Lipinski definition) is 5. The van der Waals surface area contributed by atoms with E-state index in [1.807, 2.05) is 18.2 Å². The van der Waals surface area contributed by atoms with Gasteiger partial charge in [-0.25, -0.2) is 9.78 Å². The van der Waals surface area contributed by atoms with Crippen LogP contribution in [0.5, 0.6) is 0 Å². The first-order valence-electron chi connectivity index (χ1n) is 8.66. The Kier molecular flexibility index (Phi) is 5.48. The van der Waals surface area contributed by atoms with Crippen molar-refractivity contribution in [1.82, 2.24) is 10.3 Å². The third-order valence-corrected chi connectivity index (χ3v) is 4.29. The van der Waals surface area contributed by atoms with Crippen molar-refractivity contribution in [2.45, 2.75) is 51.2 Å². The monoisotopic (exact) mass is 342 g/mol. The van der Waals surface area contributed by atoms with E-state index in [1.54, 1.807) is 13.0 Å². The SMILES string of the molecule is C[C@H](OC(=O)/C=C/c1nc2ccccc2o1)C(=O)NC1CCCCC1. The van der Waals surface area contributed by atoms with E-state index in [0.717, 1.165) is 31.2 Å². The highest BCUT2D eigenvalue weighted by molar-refractivity contribution is 5.90. The van der Waals surface area contributed by atoms with Crippen LogP contribution in [0.15, 0.2) is 34.8 Å². The van der Waals surface area contributed by atoms with E-state index in [0.29, 0.717) is 11.5 Å². The summed E-state index contributed by atoms with van der Waals surface area (Å²) in [4.78, 5) is 28.2. The lowest BCUT2D eigenvalue weighted by Crippen LogP contribution is -2.42. The molecule has 0 unspecified atom stereocenters. The smallest absolute Gasteiger partial charge is 0.331 e. The Balaban J connectivity index is 1.51. The van der Waals surface area contributed by atoms with Crippen molar-refractivity contribution in [3.63, 3.8) is 0 Å². The number of aromatic nitrogens is 1. The third-order valence-electron chi connectivity index (χ3n) is 4.29. The summed E-state index contributed by atoms with van der Waals surface area (Å²) in [6.45, 7) is 1.57. The number of amides is 1.